The molecule has 5 heteroatoms. The van der Waals surface area contributed by atoms with Crippen LogP contribution in [-0.2, 0) is 23.8 Å². The molecule has 318 valence electrons. The van der Waals surface area contributed by atoms with Gasteiger partial charge >= 0.3 is 11.9 Å². The van der Waals surface area contributed by atoms with Crippen molar-refractivity contribution in [2.45, 2.75) is 194 Å². The van der Waals surface area contributed by atoms with E-state index in [2.05, 4.69) is 118 Å². The first-order valence-corrected chi connectivity index (χ1v) is 22.8. The average molecular weight is 777 g/mol. The molecule has 1 atom stereocenters. The normalized spacial score (nSPS) is 13.1. The fourth-order valence-corrected chi connectivity index (χ4v) is 5.78. The number of hydrogen-bond donors (Lipinski definition) is 0. The van der Waals surface area contributed by atoms with Gasteiger partial charge in [-0.1, -0.05) is 176 Å². The van der Waals surface area contributed by atoms with Gasteiger partial charge in [-0.05, 0) is 96.3 Å². The summed E-state index contributed by atoms with van der Waals surface area (Å²) in [6.45, 7) is 7.49. The van der Waals surface area contributed by atoms with Crippen molar-refractivity contribution in [2.24, 2.45) is 0 Å². The lowest BCUT2D eigenvalue weighted by Crippen LogP contribution is -2.30. The van der Waals surface area contributed by atoms with E-state index >= 15 is 0 Å². The second-order valence-electron chi connectivity index (χ2n) is 14.5. The maximum atomic E-state index is 12.7. The standard InChI is InChI=1S/C51H84O5/c1-4-7-10-13-16-19-21-23-24-25-26-27-28-30-31-33-35-38-41-44-50(52)55-48-49(47-54-46-43-40-37-18-15-12-9-6-3)56-51(53)45-42-39-36-34-32-29-22-20-17-14-11-8-5-2/h7-8,10-11,16-17,19-20,23-24,26-27,29-32,49H,4-6,9,12-15,18,21-22,25,28,33-48H2,1-3H3/b10-7-,11-8-,19-16-,20-17-,24-23-,27-26-,31-30-,32-29-. The third kappa shape index (κ3) is 43.5. The van der Waals surface area contributed by atoms with Crippen LogP contribution in [0, 0.1) is 0 Å². The van der Waals surface area contributed by atoms with Crippen molar-refractivity contribution in [3.05, 3.63) is 97.2 Å². The summed E-state index contributed by atoms with van der Waals surface area (Å²) in [6, 6.07) is 0. The highest BCUT2D eigenvalue weighted by atomic mass is 16.6. The number of carbonyl (C=O) groups excluding carboxylic acids is 2. The van der Waals surface area contributed by atoms with Gasteiger partial charge in [0.1, 0.15) is 6.61 Å². The number of esters is 2. The second kappa shape index (κ2) is 46.2. The van der Waals surface area contributed by atoms with Gasteiger partial charge < -0.3 is 14.2 Å². The van der Waals surface area contributed by atoms with E-state index in [0.717, 1.165) is 116 Å². The Morgan fingerprint density at radius 1 is 0.411 bits per heavy atom. The lowest BCUT2D eigenvalue weighted by Gasteiger charge is -2.18. The van der Waals surface area contributed by atoms with E-state index in [1.807, 2.05) is 0 Å². The largest absolute Gasteiger partial charge is 0.462 e. The molecule has 0 aromatic carbocycles. The van der Waals surface area contributed by atoms with Crippen LogP contribution < -0.4 is 0 Å². The van der Waals surface area contributed by atoms with Gasteiger partial charge in [0.15, 0.2) is 6.10 Å². The molecule has 0 bridgehead atoms. The van der Waals surface area contributed by atoms with Crippen molar-refractivity contribution in [1.29, 1.82) is 0 Å². The zero-order valence-electron chi connectivity index (χ0n) is 36.4. The Hall–Kier alpha value is -3.18. The van der Waals surface area contributed by atoms with E-state index in [0.29, 0.717) is 19.4 Å². The highest BCUT2D eigenvalue weighted by molar-refractivity contribution is 5.70. The molecule has 0 spiro atoms. The smallest absolute Gasteiger partial charge is 0.306 e. The van der Waals surface area contributed by atoms with Crippen LogP contribution in [0.2, 0.25) is 0 Å². The second-order valence-corrected chi connectivity index (χ2v) is 14.5. The minimum atomic E-state index is -0.565. The van der Waals surface area contributed by atoms with Crippen molar-refractivity contribution in [2.75, 3.05) is 19.8 Å². The quantitative estimate of drug-likeness (QED) is 0.0352. The van der Waals surface area contributed by atoms with Crippen molar-refractivity contribution in [3.8, 4) is 0 Å². The first kappa shape index (κ1) is 52.8. The van der Waals surface area contributed by atoms with Gasteiger partial charge in [-0.25, -0.2) is 0 Å². The molecular weight excluding hydrogens is 693 g/mol. The predicted octanol–water partition coefficient (Wildman–Crippen LogP) is 15.1. The molecular formula is C51H84O5. The van der Waals surface area contributed by atoms with Crippen LogP contribution in [0.3, 0.4) is 0 Å². The monoisotopic (exact) mass is 777 g/mol. The summed E-state index contributed by atoms with van der Waals surface area (Å²) < 4.78 is 17.2. The lowest BCUT2D eigenvalue weighted by molar-refractivity contribution is -0.163. The molecule has 0 aromatic rings. The number of unbranched alkanes of at least 4 members (excludes halogenated alkanes) is 13. The lowest BCUT2D eigenvalue weighted by atomic mass is 10.1. The van der Waals surface area contributed by atoms with Gasteiger partial charge in [-0.3, -0.25) is 9.59 Å². The zero-order chi connectivity index (χ0) is 40.7. The van der Waals surface area contributed by atoms with E-state index in [9.17, 15) is 9.59 Å². The Balaban J connectivity index is 4.31. The van der Waals surface area contributed by atoms with E-state index < -0.39 is 6.10 Å². The van der Waals surface area contributed by atoms with Crippen molar-refractivity contribution in [1.82, 2.24) is 0 Å². The van der Waals surface area contributed by atoms with Crippen LogP contribution in [0.25, 0.3) is 0 Å². The summed E-state index contributed by atoms with van der Waals surface area (Å²) in [7, 11) is 0. The van der Waals surface area contributed by atoms with Crippen LogP contribution in [-0.4, -0.2) is 37.9 Å². The summed E-state index contributed by atoms with van der Waals surface area (Å²) >= 11 is 0. The van der Waals surface area contributed by atoms with E-state index in [1.54, 1.807) is 0 Å². The first-order chi connectivity index (χ1) is 27.6. The van der Waals surface area contributed by atoms with Crippen LogP contribution in [0.5, 0.6) is 0 Å². The molecule has 0 saturated carbocycles. The van der Waals surface area contributed by atoms with E-state index in [4.69, 9.17) is 14.2 Å². The van der Waals surface area contributed by atoms with Crippen LogP contribution in [0.4, 0.5) is 0 Å². The van der Waals surface area contributed by atoms with Crippen LogP contribution in [0.1, 0.15) is 188 Å². The summed E-state index contributed by atoms with van der Waals surface area (Å²) in [4.78, 5) is 25.2. The van der Waals surface area contributed by atoms with Gasteiger partial charge in [-0.2, -0.15) is 0 Å². The minimum absolute atomic E-state index is 0.0518. The molecule has 0 fully saturated rings. The Morgan fingerprint density at radius 3 is 1.27 bits per heavy atom. The zero-order valence-corrected chi connectivity index (χ0v) is 36.4. The molecule has 0 saturated heterocycles. The fourth-order valence-electron chi connectivity index (χ4n) is 5.78. The molecule has 0 aliphatic rings. The fraction of sp³-hybridized carbons (Fsp3) is 0.647. The average Bonchev–Trinajstić information content (AvgIpc) is 3.20. The minimum Gasteiger partial charge on any atom is -0.462 e. The number of ether oxygens (including phenoxy) is 3. The molecule has 0 radical (unpaired) electrons. The number of hydrogen-bond acceptors (Lipinski definition) is 5. The number of rotatable bonds is 40. The molecule has 1 unspecified atom stereocenters. The van der Waals surface area contributed by atoms with Gasteiger partial charge in [0.2, 0.25) is 0 Å². The Kier molecular flexibility index (Phi) is 43.6. The molecule has 0 amide bonds. The third-order valence-corrected chi connectivity index (χ3v) is 9.12. The molecule has 0 N–H and O–H groups in total. The Morgan fingerprint density at radius 2 is 0.804 bits per heavy atom. The topological polar surface area (TPSA) is 61.8 Å². The Bertz CT molecular complexity index is 1110. The summed E-state index contributed by atoms with van der Waals surface area (Å²) in [6.07, 6.45) is 61.2. The molecule has 0 rings (SSSR count). The third-order valence-electron chi connectivity index (χ3n) is 9.12. The van der Waals surface area contributed by atoms with Gasteiger partial charge in [-0.15, -0.1) is 0 Å². The van der Waals surface area contributed by atoms with Crippen molar-refractivity contribution >= 4 is 11.9 Å². The Labute approximate surface area is 345 Å². The molecule has 0 aromatic heterocycles. The molecule has 0 aliphatic carbocycles. The molecule has 0 aliphatic heterocycles. The van der Waals surface area contributed by atoms with Crippen LogP contribution in [0.15, 0.2) is 97.2 Å². The highest BCUT2D eigenvalue weighted by Crippen LogP contribution is 2.11. The molecule has 56 heavy (non-hydrogen) atoms. The molecule has 0 heterocycles. The summed E-state index contributed by atoms with van der Waals surface area (Å²) in [5.74, 6) is -0.476. The maximum Gasteiger partial charge on any atom is 0.306 e. The van der Waals surface area contributed by atoms with Gasteiger partial charge in [0.25, 0.3) is 0 Å². The number of carbonyl (C=O) groups is 2. The predicted molar refractivity (Wildman–Crippen MR) is 242 cm³/mol. The van der Waals surface area contributed by atoms with Gasteiger partial charge in [0.05, 0.1) is 6.61 Å². The molecule has 5 nitrogen and oxygen atoms in total. The van der Waals surface area contributed by atoms with Gasteiger partial charge in [0, 0.05) is 19.4 Å². The highest BCUT2D eigenvalue weighted by Gasteiger charge is 2.17. The van der Waals surface area contributed by atoms with E-state index in [-0.39, 0.29) is 25.2 Å². The first-order valence-electron chi connectivity index (χ1n) is 22.8. The summed E-state index contributed by atoms with van der Waals surface area (Å²) in [5, 5.41) is 0. The van der Waals surface area contributed by atoms with Crippen LogP contribution >= 0.6 is 0 Å². The summed E-state index contributed by atoms with van der Waals surface area (Å²) in [5.41, 5.74) is 0. The SMILES string of the molecule is CC/C=C\C/C=C\C/C=C\C/C=C\C/C=C\CCCCCC(=O)OCC(COCCCCCCCCCC)OC(=O)CCCCC/C=C\C/C=C\C/C=C\CC. The van der Waals surface area contributed by atoms with E-state index in [1.165, 1.54) is 38.5 Å². The van der Waals surface area contributed by atoms with Crippen molar-refractivity contribution in [3.63, 3.8) is 0 Å². The van der Waals surface area contributed by atoms with Crippen molar-refractivity contribution < 1.29 is 23.8 Å². The maximum absolute atomic E-state index is 12.7. The number of allylic oxidation sites excluding steroid dienone is 16.